The van der Waals surface area contributed by atoms with Gasteiger partial charge in [0, 0.05) is 17.3 Å². The summed E-state index contributed by atoms with van der Waals surface area (Å²) in [7, 11) is 0. The van der Waals surface area contributed by atoms with Crippen molar-refractivity contribution in [1.82, 2.24) is 15.1 Å². The quantitative estimate of drug-likeness (QED) is 0.839. The van der Waals surface area contributed by atoms with Crippen molar-refractivity contribution in [2.75, 3.05) is 6.54 Å². The minimum absolute atomic E-state index is 0.755. The standard InChI is InChI=1S/C13H14ClN3/c1-9-12-6-7-15-8-13(12)16-17(9)11-4-2-10(14)3-5-11/h2-5,15H,6-8H2,1H3. The van der Waals surface area contributed by atoms with Gasteiger partial charge in [-0.15, -0.1) is 0 Å². The Hall–Kier alpha value is -1.32. The first-order valence-electron chi connectivity index (χ1n) is 5.80. The second-order valence-corrected chi connectivity index (χ2v) is 4.76. The molecule has 1 aromatic heterocycles. The molecule has 0 saturated heterocycles. The molecule has 0 atom stereocenters. The summed E-state index contributed by atoms with van der Waals surface area (Å²) in [6, 6.07) is 7.80. The van der Waals surface area contributed by atoms with E-state index in [1.807, 2.05) is 28.9 Å². The summed E-state index contributed by atoms with van der Waals surface area (Å²) in [4.78, 5) is 0. The lowest BCUT2D eigenvalue weighted by atomic mass is 10.1. The number of halogens is 1. The van der Waals surface area contributed by atoms with Crippen LogP contribution in [0.3, 0.4) is 0 Å². The lowest BCUT2D eigenvalue weighted by molar-refractivity contribution is 0.629. The first kappa shape index (κ1) is 10.8. The van der Waals surface area contributed by atoms with Crippen molar-refractivity contribution >= 4 is 11.6 Å². The Morgan fingerprint density at radius 2 is 2.06 bits per heavy atom. The Bertz CT molecular complexity index is 543. The molecule has 1 aromatic carbocycles. The van der Waals surface area contributed by atoms with Gasteiger partial charge in [-0.2, -0.15) is 5.10 Å². The molecule has 0 fully saturated rings. The molecule has 4 heteroatoms. The monoisotopic (exact) mass is 247 g/mol. The smallest absolute Gasteiger partial charge is 0.0802 e. The summed E-state index contributed by atoms with van der Waals surface area (Å²) < 4.78 is 2.01. The molecular formula is C13H14ClN3. The minimum atomic E-state index is 0.755. The third kappa shape index (κ3) is 1.85. The number of nitrogens with zero attached hydrogens (tertiary/aromatic N) is 2. The van der Waals surface area contributed by atoms with E-state index in [-0.39, 0.29) is 0 Å². The molecule has 88 valence electrons. The van der Waals surface area contributed by atoms with Gasteiger partial charge in [0.2, 0.25) is 0 Å². The van der Waals surface area contributed by atoms with Crippen molar-refractivity contribution in [3.63, 3.8) is 0 Å². The first-order chi connectivity index (χ1) is 8.25. The van der Waals surface area contributed by atoms with Crippen LogP contribution in [0.25, 0.3) is 5.69 Å². The predicted octanol–water partition coefficient (Wildman–Crippen LogP) is 2.48. The Kier molecular flexibility index (Phi) is 2.65. The molecule has 0 aliphatic carbocycles. The van der Waals surface area contributed by atoms with Gasteiger partial charge < -0.3 is 5.32 Å². The van der Waals surface area contributed by atoms with Gasteiger partial charge in [0.1, 0.15) is 0 Å². The van der Waals surface area contributed by atoms with Crippen molar-refractivity contribution in [3.8, 4) is 5.69 Å². The molecular weight excluding hydrogens is 234 g/mol. The molecule has 0 spiro atoms. The number of nitrogens with one attached hydrogen (secondary N) is 1. The fourth-order valence-corrected chi connectivity index (χ4v) is 2.44. The van der Waals surface area contributed by atoms with Crippen LogP contribution in [0.4, 0.5) is 0 Å². The third-order valence-electron chi connectivity index (χ3n) is 3.24. The second-order valence-electron chi connectivity index (χ2n) is 4.33. The molecule has 0 radical (unpaired) electrons. The summed E-state index contributed by atoms with van der Waals surface area (Å²) in [5, 5.41) is 8.76. The van der Waals surface area contributed by atoms with Crippen LogP contribution in [0, 0.1) is 6.92 Å². The van der Waals surface area contributed by atoms with E-state index in [9.17, 15) is 0 Å². The normalized spacial score (nSPS) is 14.7. The Balaban J connectivity index is 2.09. The summed E-state index contributed by atoms with van der Waals surface area (Å²) in [5.74, 6) is 0. The summed E-state index contributed by atoms with van der Waals surface area (Å²) in [6.45, 7) is 4.04. The molecule has 3 nitrogen and oxygen atoms in total. The van der Waals surface area contributed by atoms with Gasteiger partial charge in [-0.05, 0) is 49.7 Å². The fraction of sp³-hybridized carbons (Fsp3) is 0.308. The van der Waals surface area contributed by atoms with E-state index < -0.39 is 0 Å². The van der Waals surface area contributed by atoms with E-state index in [2.05, 4.69) is 17.3 Å². The van der Waals surface area contributed by atoms with Crippen molar-refractivity contribution in [2.45, 2.75) is 19.9 Å². The molecule has 17 heavy (non-hydrogen) atoms. The molecule has 0 amide bonds. The zero-order chi connectivity index (χ0) is 11.8. The van der Waals surface area contributed by atoms with Gasteiger partial charge in [0.25, 0.3) is 0 Å². The summed E-state index contributed by atoms with van der Waals surface area (Å²) in [5.41, 5.74) is 4.87. The van der Waals surface area contributed by atoms with Crippen LogP contribution in [0.5, 0.6) is 0 Å². The molecule has 0 bridgehead atoms. The highest BCUT2D eigenvalue weighted by molar-refractivity contribution is 6.30. The highest BCUT2D eigenvalue weighted by Gasteiger charge is 2.17. The SMILES string of the molecule is Cc1c2c(nn1-c1ccc(Cl)cc1)CNCC2. The van der Waals surface area contributed by atoms with Crippen LogP contribution in [-0.2, 0) is 13.0 Å². The summed E-state index contributed by atoms with van der Waals surface area (Å²) >= 11 is 5.90. The Morgan fingerprint density at radius 3 is 2.76 bits per heavy atom. The number of aromatic nitrogens is 2. The largest absolute Gasteiger partial charge is 0.311 e. The maximum Gasteiger partial charge on any atom is 0.0802 e. The Labute approximate surface area is 105 Å². The Morgan fingerprint density at radius 1 is 1.29 bits per heavy atom. The van der Waals surface area contributed by atoms with Crippen LogP contribution in [0.15, 0.2) is 24.3 Å². The van der Waals surface area contributed by atoms with E-state index in [4.69, 9.17) is 11.6 Å². The van der Waals surface area contributed by atoms with Crippen molar-refractivity contribution in [1.29, 1.82) is 0 Å². The highest BCUT2D eigenvalue weighted by Crippen LogP contribution is 2.21. The average Bonchev–Trinajstić information content (AvgIpc) is 2.69. The number of hydrogen-bond acceptors (Lipinski definition) is 2. The highest BCUT2D eigenvalue weighted by atomic mass is 35.5. The minimum Gasteiger partial charge on any atom is -0.311 e. The van der Waals surface area contributed by atoms with Crippen LogP contribution in [0.2, 0.25) is 5.02 Å². The van der Waals surface area contributed by atoms with Crippen LogP contribution in [-0.4, -0.2) is 16.3 Å². The molecule has 2 heterocycles. The van der Waals surface area contributed by atoms with E-state index in [1.54, 1.807) is 0 Å². The molecule has 3 rings (SSSR count). The van der Waals surface area contributed by atoms with Gasteiger partial charge in [-0.3, -0.25) is 0 Å². The lowest BCUT2D eigenvalue weighted by Gasteiger charge is -2.11. The van der Waals surface area contributed by atoms with Crippen molar-refractivity contribution < 1.29 is 0 Å². The molecule has 1 aliphatic rings. The molecule has 2 aromatic rings. The van der Waals surface area contributed by atoms with Crippen LogP contribution in [0.1, 0.15) is 17.0 Å². The molecule has 1 N–H and O–H groups in total. The average molecular weight is 248 g/mol. The van der Waals surface area contributed by atoms with Crippen LogP contribution < -0.4 is 5.32 Å². The molecule has 0 saturated carbocycles. The number of benzene rings is 1. The third-order valence-corrected chi connectivity index (χ3v) is 3.49. The zero-order valence-corrected chi connectivity index (χ0v) is 10.5. The number of fused-ring (bicyclic) bond motifs is 1. The first-order valence-corrected chi connectivity index (χ1v) is 6.17. The van der Waals surface area contributed by atoms with Crippen molar-refractivity contribution in [3.05, 3.63) is 46.2 Å². The van der Waals surface area contributed by atoms with Gasteiger partial charge in [-0.1, -0.05) is 11.6 Å². The maximum absolute atomic E-state index is 5.90. The van der Waals surface area contributed by atoms with E-state index in [1.165, 1.54) is 17.0 Å². The lowest BCUT2D eigenvalue weighted by Crippen LogP contribution is -2.23. The molecule has 1 aliphatic heterocycles. The van der Waals surface area contributed by atoms with Crippen LogP contribution >= 0.6 is 11.6 Å². The maximum atomic E-state index is 5.90. The topological polar surface area (TPSA) is 29.9 Å². The molecule has 0 unspecified atom stereocenters. The summed E-state index contributed by atoms with van der Waals surface area (Å²) in [6.07, 6.45) is 1.06. The number of rotatable bonds is 1. The van der Waals surface area contributed by atoms with E-state index >= 15 is 0 Å². The fourth-order valence-electron chi connectivity index (χ4n) is 2.31. The number of hydrogen-bond donors (Lipinski definition) is 1. The van der Waals surface area contributed by atoms with Gasteiger partial charge in [-0.25, -0.2) is 4.68 Å². The van der Waals surface area contributed by atoms with Crippen molar-refractivity contribution in [2.24, 2.45) is 0 Å². The predicted molar refractivity (Wildman–Crippen MR) is 68.7 cm³/mol. The zero-order valence-electron chi connectivity index (χ0n) is 9.70. The van der Waals surface area contributed by atoms with E-state index in [0.29, 0.717) is 0 Å². The second kappa shape index (κ2) is 4.17. The van der Waals surface area contributed by atoms with Gasteiger partial charge in [0.05, 0.1) is 11.4 Å². The van der Waals surface area contributed by atoms with E-state index in [0.717, 1.165) is 30.2 Å². The van der Waals surface area contributed by atoms with Gasteiger partial charge in [0.15, 0.2) is 0 Å². The van der Waals surface area contributed by atoms with Gasteiger partial charge >= 0.3 is 0 Å².